The van der Waals surface area contributed by atoms with E-state index in [0.717, 1.165) is 22.3 Å². The van der Waals surface area contributed by atoms with E-state index in [1.54, 1.807) is 0 Å². The van der Waals surface area contributed by atoms with Gasteiger partial charge in [0, 0.05) is 6.42 Å². The number of likely N-dealkylation sites (tertiary alicyclic amines) is 1. The number of nitrogens with zero attached hydrogens (tertiary/aromatic N) is 1. The lowest BCUT2D eigenvalue weighted by molar-refractivity contribution is -0.173. The van der Waals surface area contributed by atoms with Crippen LogP contribution in [-0.4, -0.2) is 29.2 Å². The summed E-state index contributed by atoms with van der Waals surface area (Å²) in [5, 5.41) is 0. The molecule has 1 amide bonds. The summed E-state index contributed by atoms with van der Waals surface area (Å²) in [7, 11) is 0. The van der Waals surface area contributed by atoms with Gasteiger partial charge in [-0.25, -0.2) is 0 Å². The van der Waals surface area contributed by atoms with Crippen LogP contribution in [0.15, 0.2) is 132 Å². The number of β-lactam (4-membered cyclic amide) rings is 1. The van der Waals surface area contributed by atoms with Crippen molar-refractivity contribution < 1.29 is 14.3 Å². The summed E-state index contributed by atoms with van der Waals surface area (Å²) >= 11 is 3.31. The van der Waals surface area contributed by atoms with Gasteiger partial charge in [0.15, 0.2) is 5.78 Å². The summed E-state index contributed by atoms with van der Waals surface area (Å²) in [6.45, 7) is 4.45. The van der Waals surface area contributed by atoms with E-state index in [2.05, 4.69) is 22.5 Å². The molecule has 1 fully saturated rings. The monoisotopic (exact) mass is 579 g/mol. The van der Waals surface area contributed by atoms with Crippen LogP contribution in [-0.2, 0) is 26.5 Å². The van der Waals surface area contributed by atoms with Gasteiger partial charge >= 0.3 is 0 Å². The van der Waals surface area contributed by atoms with Crippen molar-refractivity contribution in [1.29, 1.82) is 0 Å². The van der Waals surface area contributed by atoms with Gasteiger partial charge in [0.1, 0.15) is 11.5 Å². The molecule has 196 valence electrons. The van der Waals surface area contributed by atoms with Gasteiger partial charge < -0.3 is 9.64 Å². The number of allylic oxidation sites excluding steroid dienone is 1. The maximum atomic E-state index is 14.2. The number of carbonyl (C=O) groups excluding carboxylic acids is 2. The highest BCUT2D eigenvalue weighted by Crippen LogP contribution is 2.49. The molecule has 1 aliphatic heterocycles. The molecule has 39 heavy (non-hydrogen) atoms. The maximum absolute atomic E-state index is 14.2. The summed E-state index contributed by atoms with van der Waals surface area (Å²) < 4.78 is 6.77. The second kappa shape index (κ2) is 11.9. The maximum Gasteiger partial charge on any atom is 0.237 e. The Morgan fingerprint density at radius 1 is 0.769 bits per heavy atom. The number of hydrogen-bond donors (Lipinski definition) is 0. The zero-order valence-electron chi connectivity index (χ0n) is 21.6. The minimum atomic E-state index is -0.955. The predicted molar refractivity (Wildman–Crippen MR) is 157 cm³/mol. The van der Waals surface area contributed by atoms with Gasteiger partial charge in [-0.3, -0.25) is 9.59 Å². The van der Waals surface area contributed by atoms with Crippen molar-refractivity contribution in [3.8, 4) is 0 Å². The molecule has 5 heteroatoms. The second-order valence-electron chi connectivity index (χ2n) is 9.72. The molecule has 2 atom stereocenters. The first-order chi connectivity index (χ1) is 19.0. The molecule has 0 spiro atoms. The van der Waals surface area contributed by atoms with Crippen molar-refractivity contribution in [2.45, 2.75) is 24.6 Å². The Morgan fingerprint density at radius 3 is 1.64 bits per heavy atom. The zero-order valence-corrected chi connectivity index (χ0v) is 23.2. The van der Waals surface area contributed by atoms with E-state index in [9.17, 15) is 9.59 Å². The highest BCUT2D eigenvalue weighted by Gasteiger charge is 2.60. The van der Waals surface area contributed by atoms with Crippen LogP contribution in [0.5, 0.6) is 0 Å². The smallest absolute Gasteiger partial charge is 0.237 e. The van der Waals surface area contributed by atoms with E-state index in [1.165, 1.54) is 0 Å². The Morgan fingerprint density at radius 2 is 1.21 bits per heavy atom. The molecule has 1 aliphatic rings. The summed E-state index contributed by atoms with van der Waals surface area (Å²) in [5.74, 6) is -1.18. The summed E-state index contributed by atoms with van der Waals surface area (Å²) in [6, 6.07) is 39.5. The second-order valence-corrected chi connectivity index (χ2v) is 10.8. The van der Waals surface area contributed by atoms with Crippen LogP contribution in [0.3, 0.4) is 0 Å². The molecule has 0 N–H and O–H groups in total. The van der Waals surface area contributed by atoms with Crippen molar-refractivity contribution in [3.05, 3.63) is 155 Å². The molecular formula is C34H30BrNO3. The number of halogens is 1. The molecule has 0 aromatic heterocycles. The van der Waals surface area contributed by atoms with Gasteiger partial charge in [-0.15, -0.1) is 0 Å². The number of benzene rings is 4. The standard InChI is InChI=1S/C34H30BrNO3/c1-25(35)22-31(37)32-30(24-39-23-26-14-6-2-7-15-26)36(33(32)38)34(27-16-8-3-9-17-27,28-18-10-4-11-19-28)29-20-12-5-13-21-29/h2-21,30,32H,1,22-24H2/t30-,32+/m0/s1. The minimum absolute atomic E-state index is 0.0917. The van der Waals surface area contributed by atoms with Crippen molar-refractivity contribution in [2.75, 3.05) is 6.61 Å². The van der Waals surface area contributed by atoms with Crippen LogP contribution < -0.4 is 0 Å². The number of Topliss-reactive ketones (excluding diaryl/α,β-unsaturated/α-hetero) is 1. The number of amides is 1. The van der Waals surface area contributed by atoms with Gasteiger partial charge in [0.25, 0.3) is 0 Å². The molecule has 1 saturated heterocycles. The molecule has 4 aromatic rings. The average Bonchev–Trinajstić information content (AvgIpc) is 2.97. The molecule has 5 rings (SSSR count). The van der Waals surface area contributed by atoms with Crippen LogP contribution in [0.2, 0.25) is 0 Å². The zero-order chi connectivity index (χ0) is 27.2. The minimum Gasteiger partial charge on any atom is -0.375 e. The molecule has 0 saturated carbocycles. The Labute approximate surface area is 238 Å². The summed E-state index contributed by atoms with van der Waals surface area (Å²) in [4.78, 5) is 29.4. The molecule has 0 bridgehead atoms. The van der Waals surface area contributed by atoms with Crippen LogP contribution >= 0.6 is 15.9 Å². The topological polar surface area (TPSA) is 46.6 Å². The average molecular weight is 581 g/mol. The van der Waals surface area contributed by atoms with Crippen LogP contribution in [0.25, 0.3) is 0 Å². The fourth-order valence-corrected chi connectivity index (χ4v) is 5.88. The molecule has 4 aromatic carbocycles. The van der Waals surface area contributed by atoms with Gasteiger partial charge in [0.2, 0.25) is 5.91 Å². The highest BCUT2D eigenvalue weighted by molar-refractivity contribution is 9.11. The molecule has 0 aliphatic carbocycles. The Bertz CT molecular complexity index is 1330. The van der Waals surface area contributed by atoms with E-state index >= 15 is 0 Å². The van der Waals surface area contributed by atoms with Crippen LogP contribution in [0, 0.1) is 5.92 Å². The lowest BCUT2D eigenvalue weighted by atomic mass is 9.69. The molecule has 0 radical (unpaired) electrons. The first kappa shape index (κ1) is 26.8. The summed E-state index contributed by atoms with van der Waals surface area (Å²) in [5.41, 5.74) is 2.91. The lowest BCUT2D eigenvalue weighted by Crippen LogP contribution is -2.72. The summed E-state index contributed by atoms with van der Waals surface area (Å²) in [6.07, 6.45) is 0.0917. The number of hydrogen-bond acceptors (Lipinski definition) is 3. The Kier molecular flexibility index (Phi) is 8.20. The van der Waals surface area contributed by atoms with E-state index in [0.29, 0.717) is 11.1 Å². The van der Waals surface area contributed by atoms with Gasteiger partial charge in [-0.1, -0.05) is 144 Å². The van der Waals surface area contributed by atoms with E-state index in [-0.39, 0.29) is 24.7 Å². The number of ketones is 1. The van der Waals surface area contributed by atoms with Crippen molar-refractivity contribution >= 4 is 27.6 Å². The fourth-order valence-electron chi connectivity index (χ4n) is 5.61. The number of carbonyl (C=O) groups is 2. The Balaban J connectivity index is 1.64. The van der Waals surface area contributed by atoms with Gasteiger partial charge in [0.05, 0.1) is 19.3 Å². The van der Waals surface area contributed by atoms with Crippen LogP contribution in [0.1, 0.15) is 28.7 Å². The molecule has 0 unspecified atom stereocenters. The van der Waals surface area contributed by atoms with Crippen molar-refractivity contribution in [3.63, 3.8) is 0 Å². The van der Waals surface area contributed by atoms with E-state index < -0.39 is 17.5 Å². The quantitative estimate of drug-likeness (QED) is 0.110. The Hall–Kier alpha value is -3.80. The highest BCUT2D eigenvalue weighted by atomic mass is 79.9. The number of ether oxygens (including phenoxy) is 1. The third-order valence-electron chi connectivity index (χ3n) is 7.27. The molecule has 1 heterocycles. The first-order valence-corrected chi connectivity index (χ1v) is 13.8. The third kappa shape index (κ3) is 5.25. The largest absolute Gasteiger partial charge is 0.375 e. The number of rotatable bonds is 11. The van der Waals surface area contributed by atoms with Crippen molar-refractivity contribution in [2.24, 2.45) is 5.92 Å². The molecular weight excluding hydrogens is 550 g/mol. The normalized spacial score (nSPS) is 16.9. The van der Waals surface area contributed by atoms with E-state index in [4.69, 9.17) is 4.74 Å². The van der Waals surface area contributed by atoms with Gasteiger partial charge in [-0.2, -0.15) is 0 Å². The third-order valence-corrected chi connectivity index (χ3v) is 7.55. The lowest BCUT2D eigenvalue weighted by Gasteiger charge is -2.57. The van der Waals surface area contributed by atoms with Crippen LogP contribution in [0.4, 0.5) is 0 Å². The first-order valence-electron chi connectivity index (χ1n) is 13.0. The van der Waals surface area contributed by atoms with Crippen molar-refractivity contribution in [1.82, 2.24) is 4.90 Å². The fraction of sp³-hybridized carbons (Fsp3) is 0.176. The SMILES string of the molecule is C=C(Br)CC(=O)[C@@H]1C(=O)N(C(c2ccccc2)(c2ccccc2)c2ccccc2)[C@H]1COCc1ccccc1. The van der Waals surface area contributed by atoms with Gasteiger partial charge in [-0.05, 0) is 26.7 Å². The van der Waals surface area contributed by atoms with E-state index in [1.807, 2.05) is 126 Å². The predicted octanol–water partition coefficient (Wildman–Crippen LogP) is 6.89. The molecule has 4 nitrogen and oxygen atoms in total.